The summed E-state index contributed by atoms with van der Waals surface area (Å²) in [4.78, 5) is 29.2. The zero-order chi connectivity index (χ0) is 16.9. The van der Waals surface area contributed by atoms with Crippen LogP contribution in [0.25, 0.3) is 0 Å². The highest BCUT2D eigenvalue weighted by atomic mass is 32.1. The number of carboxylic acids is 1. The van der Waals surface area contributed by atoms with Crippen LogP contribution in [-0.4, -0.2) is 33.4 Å². The molecule has 1 atom stereocenters. The Morgan fingerprint density at radius 1 is 1.27 bits per heavy atom. The second kappa shape index (κ2) is 8.27. The third-order valence-electron chi connectivity index (χ3n) is 3.45. The minimum Gasteiger partial charge on any atom is -0.476 e. The lowest BCUT2D eigenvalue weighted by Gasteiger charge is -2.31. The van der Waals surface area contributed by atoms with Gasteiger partial charge in [-0.3, -0.25) is 4.79 Å². The van der Waals surface area contributed by atoms with Gasteiger partial charge in [-0.25, -0.2) is 9.78 Å². The van der Waals surface area contributed by atoms with Crippen molar-refractivity contribution < 1.29 is 14.7 Å². The second-order valence-electron chi connectivity index (χ2n) is 6.42. The number of thiazole rings is 1. The molecule has 1 unspecified atom stereocenters. The van der Waals surface area contributed by atoms with Gasteiger partial charge in [0.15, 0.2) is 5.69 Å². The van der Waals surface area contributed by atoms with Crippen LogP contribution in [0.2, 0.25) is 0 Å². The summed E-state index contributed by atoms with van der Waals surface area (Å²) in [7, 11) is 0. The molecule has 1 heterocycles. The third-order valence-corrected chi connectivity index (χ3v) is 4.39. The van der Waals surface area contributed by atoms with Crippen LogP contribution in [0.3, 0.4) is 0 Å². The first-order chi connectivity index (χ1) is 10.2. The van der Waals surface area contributed by atoms with Crippen LogP contribution in [0, 0.1) is 11.8 Å². The molecule has 0 saturated heterocycles. The lowest BCUT2D eigenvalue weighted by atomic mass is 10.0. The molecule has 1 amide bonds. The zero-order valence-corrected chi connectivity index (χ0v) is 14.8. The Kier molecular flexibility index (Phi) is 7.00. The fourth-order valence-corrected chi connectivity index (χ4v) is 3.19. The molecule has 0 radical (unpaired) electrons. The molecule has 0 spiro atoms. The first kappa shape index (κ1) is 18.6. The van der Waals surface area contributed by atoms with Gasteiger partial charge in [-0.05, 0) is 24.7 Å². The summed E-state index contributed by atoms with van der Waals surface area (Å²) in [5.41, 5.74) is 0.0566. The van der Waals surface area contributed by atoms with Crippen molar-refractivity contribution >= 4 is 23.2 Å². The maximum absolute atomic E-state index is 12.1. The van der Waals surface area contributed by atoms with Gasteiger partial charge in [0.25, 0.3) is 0 Å². The van der Waals surface area contributed by atoms with Crippen molar-refractivity contribution in [2.24, 2.45) is 11.8 Å². The maximum atomic E-state index is 12.1. The van der Waals surface area contributed by atoms with E-state index in [0.717, 1.165) is 12.8 Å². The van der Waals surface area contributed by atoms with Crippen LogP contribution in [0.4, 0.5) is 0 Å². The Bertz CT molecular complexity index is 511. The first-order valence-electron chi connectivity index (χ1n) is 7.68. The number of rotatable bonds is 8. The van der Waals surface area contributed by atoms with Gasteiger partial charge in [0, 0.05) is 18.8 Å². The highest BCUT2D eigenvalue weighted by molar-refractivity contribution is 7.09. The molecule has 1 N–H and O–H groups in total. The Morgan fingerprint density at radius 3 is 2.32 bits per heavy atom. The first-order valence-corrected chi connectivity index (χ1v) is 8.56. The molecule has 0 aliphatic rings. The molecule has 124 valence electrons. The lowest BCUT2D eigenvalue weighted by molar-refractivity contribution is -0.131. The van der Waals surface area contributed by atoms with Crippen LogP contribution in [0.5, 0.6) is 0 Å². The molecule has 0 aliphatic heterocycles. The van der Waals surface area contributed by atoms with E-state index in [2.05, 4.69) is 32.7 Å². The van der Waals surface area contributed by atoms with E-state index in [0.29, 0.717) is 23.4 Å². The molecular weight excluding hydrogens is 300 g/mol. The van der Waals surface area contributed by atoms with Crippen molar-refractivity contribution in [1.82, 2.24) is 9.88 Å². The molecule has 1 rings (SSSR count). The number of aromatic nitrogens is 1. The summed E-state index contributed by atoms with van der Waals surface area (Å²) in [6.45, 7) is 10.7. The SMILES string of the molecule is CC(=O)N(CCC(C)C)C(CC(C)C)c1nc(C(=O)O)cs1. The number of nitrogens with zero attached hydrogens (tertiary/aromatic N) is 2. The maximum Gasteiger partial charge on any atom is 0.355 e. The summed E-state index contributed by atoms with van der Waals surface area (Å²) in [5.74, 6) is -0.115. The number of hydrogen-bond acceptors (Lipinski definition) is 4. The van der Waals surface area contributed by atoms with E-state index in [1.165, 1.54) is 11.3 Å². The van der Waals surface area contributed by atoms with E-state index in [1.54, 1.807) is 12.3 Å². The number of carboxylic acid groups (broad SMARTS) is 1. The van der Waals surface area contributed by atoms with Gasteiger partial charge in [-0.1, -0.05) is 27.7 Å². The van der Waals surface area contributed by atoms with Crippen molar-refractivity contribution in [3.05, 3.63) is 16.1 Å². The van der Waals surface area contributed by atoms with E-state index >= 15 is 0 Å². The van der Waals surface area contributed by atoms with Gasteiger partial charge in [0.1, 0.15) is 5.01 Å². The topological polar surface area (TPSA) is 70.5 Å². The molecule has 6 heteroatoms. The number of aromatic carboxylic acids is 1. The van der Waals surface area contributed by atoms with E-state index in [-0.39, 0.29) is 17.6 Å². The summed E-state index contributed by atoms with van der Waals surface area (Å²) < 4.78 is 0. The lowest BCUT2D eigenvalue weighted by Crippen LogP contribution is -2.35. The fourth-order valence-electron chi connectivity index (χ4n) is 2.28. The number of carbonyl (C=O) groups excluding carboxylic acids is 1. The number of carbonyl (C=O) groups is 2. The number of amides is 1. The summed E-state index contributed by atoms with van der Waals surface area (Å²) in [6, 6.07) is -0.144. The van der Waals surface area contributed by atoms with Crippen LogP contribution in [0.1, 0.15) is 69.0 Å². The van der Waals surface area contributed by atoms with Gasteiger partial charge >= 0.3 is 5.97 Å². The summed E-state index contributed by atoms with van der Waals surface area (Å²) in [5, 5.41) is 11.3. The molecular formula is C16H26N2O3S. The second-order valence-corrected chi connectivity index (χ2v) is 7.31. The third kappa shape index (κ3) is 5.40. The average Bonchev–Trinajstić information content (AvgIpc) is 2.85. The molecule has 5 nitrogen and oxygen atoms in total. The minimum atomic E-state index is -1.03. The van der Waals surface area contributed by atoms with Crippen molar-refractivity contribution in [2.45, 2.75) is 53.5 Å². The van der Waals surface area contributed by atoms with E-state index in [1.807, 2.05) is 4.90 Å². The van der Waals surface area contributed by atoms with Gasteiger partial charge in [-0.2, -0.15) is 0 Å². The standard InChI is InChI=1S/C16H26N2O3S/c1-10(2)6-7-18(12(5)19)14(8-11(3)4)15-17-13(9-22-15)16(20)21/h9-11,14H,6-8H2,1-5H3,(H,20,21). The van der Waals surface area contributed by atoms with Gasteiger partial charge < -0.3 is 10.0 Å². The predicted molar refractivity (Wildman–Crippen MR) is 88.1 cm³/mol. The minimum absolute atomic E-state index is 0.0124. The molecule has 0 bridgehead atoms. The van der Waals surface area contributed by atoms with Crippen LogP contribution in [0.15, 0.2) is 5.38 Å². The summed E-state index contributed by atoms with van der Waals surface area (Å²) >= 11 is 1.32. The molecule has 22 heavy (non-hydrogen) atoms. The average molecular weight is 326 g/mol. The van der Waals surface area contributed by atoms with Crippen LogP contribution < -0.4 is 0 Å². The molecule has 1 aromatic rings. The highest BCUT2D eigenvalue weighted by Gasteiger charge is 2.27. The largest absolute Gasteiger partial charge is 0.476 e. The monoisotopic (exact) mass is 326 g/mol. The Labute approximate surface area is 136 Å². The van der Waals surface area contributed by atoms with Crippen LogP contribution >= 0.6 is 11.3 Å². The smallest absolute Gasteiger partial charge is 0.355 e. The van der Waals surface area contributed by atoms with Crippen molar-refractivity contribution in [3.63, 3.8) is 0 Å². The predicted octanol–water partition coefficient (Wildman–Crippen LogP) is 3.82. The molecule has 0 saturated carbocycles. The Hall–Kier alpha value is -1.43. The van der Waals surface area contributed by atoms with E-state index in [9.17, 15) is 9.59 Å². The molecule has 1 aromatic heterocycles. The van der Waals surface area contributed by atoms with Gasteiger partial charge in [0.05, 0.1) is 6.04 Å². The molecule has 0 aliphatic carbocycles. The van der Waals surface area contributed by atoms with Crippen molar-refractivity contribution in [1.29, 1.82) is 0 Å². The highest BCUT2D eigenvalue weighted by Crippen LogP contribution is 2.31. The Balaban J connectivity index is 3.06. The fraction of sp³-hybridized carbons (Fsp3) is 0.688. The summed E-state index contributed by atoms with van der Waals surface area (Å²) in [6.07, 6.45) is 1.70. The van der Waals surface area contributed by atoms with Gasteiger partial charge in [-0.15, -0.1) is 11.3 Å². The van der Waals surface area contributed by atoms with E-state index in [4.69, 9.17) is 5.11 Å². The Morgan fingerprint density at radius 2 is 1.91 bits per heavy atom. The van der Waals surface area contributed by atoms with Gasteiger partial charge in [0.2, 0.25) is 5.91 Å². The molecule has 0 aromatic carbocycles. The zero-order valence-electron chi connectivity index (χ0n) is 14.0. The van der Waals surface area contributed by atoms with E-state index < -0.39 is 5.97 Å². The van der Waals surface area contributed by atoms with Crippen molar-refractivity contribution in [3.8, 4) is 0 Å². The molecule has 0 fully saturated rings. The normalized spacial score (nSPS) is 12.7. The quantitative estimate of drug-likeness (QED) is 0.788. The van der Waals surface area contributed by atoms with Crippen molar-refractivity contribution in [2.75, 3.05) is 6.54 Å². The van der Waals surface area contributed by atoms with Crippen LogP contribution in [-0.2, 0) is 4.79 Å². The number of hydrogen-bond donors (Lipinski definition) is 1.